The number of carboxylic acids is 1. The Morgan fingerprint density at radius 2 is 1.49 bits per heavy atom. The highest BCUT2D eigenvalue weighted by atomic mass is 28.3. The number of nitrogens with two attached hydrogens (primary N) is 1. The van der Waals surface area contributed by atoms with E-state index in [0.717, 1.165) is 18.0 Å². The van der Waals surface area contributed by atoms with Gasteiger partial charge in [0.2, 0.25) is 5.91 Å². The van der Waals surface area contributed by atoms with Crippen LogP contribution >= 0.6 is 0 Å². The van der Waals surface area contributed by atoms with Crippen molar-refractivity contribution in [3.05, 3.63) is 29.8 Å². The predicted octanol–water partition coefficient (Wildman–Crippen LogP) is 0.321. The molecule has 0 spiro atoms. The highest BCUT2D eigenvalue weighted by Crippen LogP contribution is 2.06. The molecule has 0 radical (unpaired) electrons. The van der Waals surface area contributed by atoms with Gasteiger partial charge in [0, 0.05) is 29.0 Å². The Morgan fingerprint density at radius 1 is 0.897 bits per heavy atom. The summed E-state index contributed by atoms with van der Waals surface area (Å²) in [5.74, 6) is -0.695. The van der Waals surface area contributed by atoms with E-state index in [1.54, 1.807) is 0 Å². The van der Waals surface area contributed by atoms with Crippen LogP contribution in [0.1, 0.15) is 18.4 Å². The zero-order valence-corrected chi connectivity index (χ0v) is 26.3. The fraction of sp³-hybridized carbons (Fsp3) is 0.704. The molecule has 10 nitrogen and oxygen atoms in total. The molecule has 0 bridgehead atoms. The number of ether oxygens (including phenoxy) is 5. The average Bonchev–Trinajstić information content (AvgIpc) is 2.92. The first-order chi connectivity index (χ1) is 19.0. The van der Waals surface area contributed by atoms with Gasteiger partial charge in [-0.1, -0.05) is 54.1 Å². The minimum Gasteiger partial charge on any atom is -0.481 e. The maximum atomic E-state index is 12.3. The summed E-state index contributed by atoms with van der Waals surface area (Å²) in [7, 11) is -1.19. The summed E-state index contributed by atoms with van der Waals surface area (Å²) >= 11 is 0. The fourth-order valence-corrected chi connectivity index (χ4v) is 9.67. The van der Waals surface area contributed by atoms with Crippen molar-refractivity contribution in [3.8, 4) is 0 Å². The highest BCUT2D eigenvalue weighted by Gasteiger charge is 2.10. The van der Waals surface area contributed by atoms with Crippen molar-refractivity contribution >= 4 is 35.4 Å². The predicted molar refractivity (Wildman–Crippen MR) is 159 cm³/mol. The molecule has 0 fully saturated rings. The maximum absolute atomic E-state index is 12.3. The largest absolute Gasteiger partial charge is 0.481 e. The van der Waals surface area contributed by atoms with E-state index in [1.165, 1.54) is 17.3 Å². The summed E-state index contributed by atoms with van der Waals surface area (Å²) < 4.78 is 27.0. The second-order valence-corrected chi connectivity index (χ2v) is 14.5. The second-order valence-electron chi connectivity index (χ2n) is 9.37. The molecule has 224 valence electrons. The molecule has 1 unspecified atom stereocenters. The van der Waals surface area contributed by atoms with E-state index in [9.17, 15) is 9.59 Å². The summed E-state index contributed by atoms with van der Waals surface area (Å²) in [5.41, 5.74) is 6.37. The Morgan fingerprint density at radius 3 is 2.08 bits per heavy atom. The molecule has 0 aliphatic carbocycles. The molecule has 0 heterocycles. The first-order valence-electron chi connectivity index (χ1n) is 14.2. The number of aliphatic carboxylic acids is 1. The van der Waals surface area contributed by atoms with Crippen LogP contribution in [-0.4, -0.2) is 114 Å². The molecule has 0 saturated heterocycles. The minimum absolute atomic E-state index is 0.00336. The Balaban J connectivity index is 1.99. The summed E-state index contributed by atoms with van der Waals surface area (Å²) in [6.45, 7) is 8.40. The van der Waals surface area contributed by atoms with Crippen molar-refractivity contribution in [2.75, 3.05) is 79.2 Å². The van der Waals surface area contributed by atoms with Crippen molar-refractivity contribution in [1.82, 2.24) is 5.32 Å². The van der Waals surface area contributed by atoms with Crippen LogP contribution in [0.2, 0.25) is 24.7 Å². The SMILES string of the molecule is C[SiH](CC[SiH2]CCCC(=O)O)c1cccc(CC(=O)NCCOCCOCCOCCOCCOCCN)c1. The molecule has 0 aromatic heterocycles. The van der Waals surface area contributed by atoms with Crippen molar-refractivity contribution in [1.29, 1.82) is 0 Å². The fourth-order valence-electron chi connectivity index (χ4n) is 3.83. The van der Waals surface area contributed by atoms with Gasteiger partial charge in [-0.2, -0.15) is 0 Å². The lowest BCUT2D eigenvalue weighted by atomic mass is 10.1. The number of carboxylic acid groups (broad SMARTS) is 1. The van der Waals surface area contributed by atoms with Crippen molar-refractivity contribution in [2.45, 2.75) is 43.9 Å². The number of nitrogens with one attached hydrogen (secondary N) is 1. The number of amides is 1. The average molecular weight is 587 g/mol. The second kappa shape index (κ2) is 25.3. The van der Waals surface area contributed by atoms with Crippen LogP contribution < -0.4 is 16.2 Å². The molecule has 1 aromatic rings. The molecule has 1 amide bonds. The van der Waals surface area contributed by atoms with Gasteiger partial charge in [-0.25, -0.2) is 0 Å². The quantitative estimate of drug-likeness (QED) is 0.0983. The molecule has 12 heteroatoms. The normalized spacial score (nSPS) is 12.3. The number of rotatable bonds is 27. The van der Waals surface area contributed by atoms with Crippen molar-refractivity contribution in [2.24, 2.45) is 5.73 Å². The lowest BCUT2D eigenvalue weighted by molar-refractivity contribution is -0.137. The van der Waals surface area contributed by atoms with Crippen molar-refractivity contribution < 1.29 is 38.4 Å². The van der Waals surface area contributed by atoms with E-state index in [-0.39, 0.29) is 15.4 Å². The van der Waals surface area contributed by atoms with Gasteiger partial charge >= 0.3 is 5.97 Å². The zero-order chi connectivity index (χ0) is 28.4. The Hall–Kier alpha value is -1.65. The third-order valence-corrected chi connectivity index (χ3v) is 11.5. The summed E-state index contributed by atoms with van der Waals surface area (Å²) in [6, 6.07) is 12.1. The van der Waals surface area contributed by atoms with Gasteiger partial charge < -0.3 is 39.8 Å². The molecule has 1 rings (SSSR count). The Kier molecular flexibility index (Phi) is 23.0. The van der Waals surface area contributed by atoms with Gasteiger partial charge in [0.15, 0.2) is 0 Å². The standard InChI is InChI=1S/C27H50N2O8Si2/c1-39(21-20-38-19-3-6-27(31)32)25-5-2-4-24(22-25)23-26(30)29-8-10-34-12-14-36-16-18-37-17-15-35-13-11-33-9-7-28/h2,4-5,22,39H,3,6-21,23,28,38H2,1H3,(H,29,30)(H,31,32). The number of benzene rings is 1. The monoisotopic (exact) mass is 586 g/mol. The van der Waals surface area contributed by atoms with E-state index in [4.69, 9.17) is 34.5 Å². The first kappa shape index (κ1) is 35.4. The maximum Gasteiger partial charge on any atom is 0.303 e. The molecule has 0 aliphatic rings. The first-order valence-corrected chi connectivity index (χ1v) is 18.7. The van der Waals surface area contributed by atoms with Crippen LogP contribution in [0.25, 0.3) is 0 Å². The van der Waals surface area contributed by atoms with E-state index in [0.29, 0.717) is 92.0 Å². The van der Waals surface area contributed by atoms with Crippen LogP contribution in [0.3, 0.4) is 0 Å². The van der Waals surface area contributed by atoms with E-state index >= 15 is 0 Å². The van der Waals surface area contributed by atoms with Crippen LogP contribution in [0.15, 0.2) is 24.3 Å². The molecule has 39 heavy (non-hydrogen) atoms. The molecule has 0 aliphatic heterocycles. The van der Waals surface area contributed by atoms with Crippen LogP contribution in [0, 0.1) is 0 Å². The third-order valence-electron chi connectivity index (χ3n) is 5.98. The minimum atomic E-state index is -1.03. The van der Waals surface area contributed by atoms with Crippen molar-refractivity contribution in [3.63, 3.8) is 0 Å². The topological polar surface area (TPSA) is 139 Å². The van der Waals surface area contributed by atoms with E-state index in [1.807, 2.05) is 6.07 Å². The number of carbonyl (C=O) groups excluding carboxylic acids is 1. The Bertz CT molecular complexity index is 760. The van der Waals surface area contributed by atoms with Crippen LogP contribution in [-0.2, 0) is 39.7 Å². The molecular formula is C27H50N2O8Si2. The van der Waals surface area contributed by atoms with Crippen LogP contribution in [0.5, 0.6) is 0 Å². The lowest BCUT2D eigenvalue weighted by Gasteiger charge is -2.12. The van der Waals surface area contributed by atoms with Gasteiger partial charge in [-0.15, -0.1) is 0 Å². The summed E-state index contributed by atoms with van der Waals surface area (Å²) in [6.07, 6.45) is 1.49. The van der Waals surface area contributed by atoms with Gasteiger partial charge in [-0.3, -0.25) is 9.59 Å². The summed E-state index contributed by atoms with van der Waals surface area (Å²) in [5, 5.41) is 13.0. The van der Waals surface area contributed by atoms with Crippen LogP contribution in [0.4, 0.5) is 0 Å². The van der Waals surface area contributed by atoms with E-state index in [2.05, 4.69) is 30.1 Å². The molecule has 1 aromatic carbocycles. The smallest absolute Gasteiger partial charge is 0.303 e. The summed E-state index contributed by atoms with van der Waals surface area (Å²) in [4.78, 5) is 22.9. The van der Waals surface area contributed by atoms with Gasteiger partial charge in [0.05, 0.1) is 81.3 Å². The number of hydrogen-bond acceptors (Lipinski definition) is 8. The number of carbonyl (C=O) groups is 2. The van der Waals surface area contributed by atoms with Gasteiger partial charge in [0.1, 0.15) is 0 Å². The molecule has 4 N–H and O–H groups in total. The number of hydrogen-bond donors (Lipinski definition) is 3. The third kappa shape index (κ3) is 21.8. The van der Waals surface area contributed by atoms with Gasteiger partial charge in [0.25, 0.3) is 0 Å². The molecule has 0 saturated carbocycles. The highest BCUT2D eigenvalue weighted by molar-refractivity contribution is 6.72. The zero-order valence-electron chi connectivity index (χ0n) is 23.7. The van der Waals surface area contributed by atoms with E-state index < -0.39 is 14.8 Å². The molecular weight excluding hydrogens is 536 g/mol. The Labute approximate surface area is 237 Å². The lowest BCUT2D eigenvalue weighted by Crippen LogP contribution is -2.30. The molecule has 1 atom stereocenters. The van der Waals surface area contributed by atoms with Gasteiger partial charge in [-0.05, 0) is 12.0 Å².